The lowest BCUT2D eigenvalue weighted by Gasteiger charge is -2.25. The topological polar surface area (TPSA) is 73.3 Å². The fourth-order valence-electron chi connectivity index (χ4n) is 3.80. The van der Waals surface area contributed by atoms with Crippen molar-refractivity contribution in [1.82, 2.24) is 0 Å². The van der Waals surface area contributed by atoms with Crippen molar-refractivity contribution in [2.45, 2.75) is 25.4 Å². The van der Waals surface area contributed by atoms with E-state index in [0.717, 1.165) is 62.1 Å². The molecule has 0 saturated carbocycles. The van der Waals surface area contributed by atoms with Crippen molar-refractivity contribution in [1.29, 1.82) is 0 Å². The zero-order valence-corrected chi connectivity index (χ0v) is 14.3. The molecule has 2 aliphatic rings. The van der Waals surface area contributed by atoms with Crippen LogP contribution < -0.4 is 15.3 Å². The Bertz CT molecular complexity index is 809. The van der Waals surface area contributed by atoms with Crippen LogP contribution in [0.5, 0.6) is 5.75 Å². The van der Waals surface area contributed by atoms with E-state index in [0.29, 0.717) is 17.9 Å². The molecule has 1 fully saturated rings. The zero-order chi connectivity index (χ0) is 17.2. The average molecular weight is 346 g/mol. The number of nitrogens with one attached hydrogen (secondary N) is 1. The van der Waals surface area contributed by atoms with Gasteiger partial charge in [0.25, 0.3) is 0 Å². The smallest absolute Gasteiger partial charge is 0.339 e. The molecule has 2 aromatic rings. The van der Waals surface area contributed by atoms with E-state index < -0.39 is 6.10 Å². The normalized spacial score (nSPS) is 19.1. The molecule has 2 heterocycles. The number of rotatable bonds is 5. The van der Waals surface area contributed by atoms with E-state index in [1.807, 2.05) is 12.1 Å². The molecule has 0 spiro atoms. The highest BCUT2D eigenvalue weighted by atomic mass is 16.5. The van der Waals surface area contributed by atoms with Gasteiger partial charge in [-0.3, -0.25) is 0 Å². The standard InChI is InChI=1S/C19H23NO5/c21-13(11-20-6-8-23-9-7-20)12-24-14-4-5-16-15-2-1-3-17(15)19(22)25-18(16)10-14/h4-5,10,13,21H,1-3,6-9,11-12H2/p+1/t13-/m1/s1. The molecule has 0 bridgehead atoms. The molecule has 1 aliphatic heterocycles. The van der Waals surface area contributed by atoms with Crippen LogP contribution in [0.15, 0.2) is 27.4 Å². The van der Waals surface area contributed by atoms with E-state index in [9.17, 15) is 9.90 Å². The number of hydrogen-bond acceptors (Lipinski definition) is 5. The molecule has 6 nitrogen and oxygen atoms in total. The molecule has 0 amide bonds. The van der Waals surface area contributed by atoms with Crippen molar-refractivity contribution in [2.75, 3.05) is 39.5 Å². The summed E-state index contributed by atoms with van der Waals surface area (Å²) in [5.74, 6) is 0.615. The van der Waals surface area contributed by atoms with Crippen LogP contribution in [0.4, 0.5) is 0 Å². The van der Waals surface area contributed by atoms with Gasteiger partial charge in [0.1, 0.15) is 43.7 Å². The van der Waals surface area contributed by atoms with Gasteiger partial charge in [-0.25, -0.2) is 4.79 Å². The molecule has 1 aromatic carbocycles. The van der Waals surface area contributed by atoms with Crippen molar-refractivity contribution in [3.05, 3.63) is 39.7 Å². The summed E-state index contributed by atoms with van der Waals surface area (Å²) in [4.78, 5) is 13.4. The molecule has 2 N–H and O–H groups in total. The fraction of sp³-hybridized carbons (Fsp3) is 0.526. The Morgan fingerprint density at radius 1 is 1.20 bits per heavy atom. The van der Waals surface area contributed by atoms with Crippen LogP contribution >= 0.6 is 0 Å². The van der Waals surface area contributed by atoms with Gasteiger partial charge in [0, 0.05) is 17.0 Å². The van der Waals surface area contributed by atoms with Crippen molar-refractivity contribution >= 4 is 11.0 Å². The Labute approximate surface area is 145 Å². The first-order chi connectivity index (χ1) is 12.2. The highest BCUT2D eigenvalue weighted by molar-refractivity contribution is 5.83. The Morgan fingerprint density at radius 2 is 2.00 bits per heavy atom. The number of ether oxygens (including phenoxy) is 2. The summed E-state index contributed by atoms with van der Waals surface area (Å²) in [6.45, 7) is 4.21. The van der Waals surface area contributed by atoms with E-state index in [2.05, 4.69) is 0 Å². The molecule has 0 unspecified atom stereocenters. The van der Waals surface area contributed by atoms with E-state index in [1.165, 1.54) is 4.90 Å². The summed E-state index contributed by atoms with van der Waals surface area (Å²) in [6.07, 6.45) is 2.21. The van der Waals surface area contributed by atoms with Gasteiger partial charge in [-0.2, -0.15) is 0 Å². The van der Waals surface area contributed by atoms with Gasteiger partial charge in [-0.05, 0) is 37.0 Å². The first-order valence-electron chi connectivity index (χ1n) is 9.01. The number of morpholine rings is 1. The molecule has 4 rings (SSSR count). The highest BCUT2D eigenvalue weighted by Gasteiger charge is 2.21. The maximum Gasteiger partial charge on any atom is 0.339 e. The lowest BCUT2D eigenvalue weighted by atomic mass is 10.1. The maximum absolute atomic E-state index is 12.1. The number of quaternary nitrogens is 1. The zero-order valence-electron chi connectivity index (χ0n) is 14.3. The maximum atomic E-state index is 12.1. The van der Waals surface area contributed by atoms with E-state index in [1.54, 1.807) is 6.07 Å². The fourth-order valence-corrected chi connectivity index (χ4v) is 3.80. The summed E-state index contributed by atoms with van der Waals surface area (Å²) in [5.41, 5.74) is 2.28. The third-order valence-corrected chi connectivity index (χ3v) is 5.11. The second-order valence-electron chi connectivity index (χ2n) is 6.89. The van der Waals surface area contributed by atoms with Crippen molar-refractivity contribution < 1.29 is 23.9 Å². The number of aliphatic hydroxyl groups excluding tert-OH is 1. The Morgan fingerprint density at radius 3 is 2.84 bits per heavy atom. The predicted molar refractivity (Wildman–Crippen MR) is 92.4 cm³/mol. The van der Waals surface area contributed by atoms with Crippen LogP contribution in [0, 0.1) is 0 Å². The molecule has 1 aromatic heterocycles. The second kappa shape index (κ2) is 7.15. The first-order valence-corrected chi connectivity index (χ1v) is 9.01. The monoisotopic (exact) mass is 346 g/mol. The molecule has 1 atom stereocenters. The minimum atomic E-state index is -0.532. The van der Waals surface area contributed by atoms with Gasteiger partial charge >= 0.3 is 5.63 Å². The van der Waals surface area contributed by atoms with E-state index >= 15 is 0 Å². The Balaban J connectivity index is 1.43. The number of aliphatic hydroxyl groups is 1. The van der Waals surface area contributed by atoms with Gasteiger partial charge in [0.15, 0.2) is 0 Å². The number of hydrogen-bond donors (Lipinski definition) is 2. The summed E-state index contributed by atoms with van der Waals surface area (Å²) in [5, 5.41) is 11.2. The lowest BCUT2D eigenvalue weighted by molar-refractivity contribution is -0.911. The predicted octanol–water partition coefficient (Wildman–Crippen LogP) is -0.0635. The van der Waals surface area contributed by atoms with Gasteiger partial charge < -0.3 is 23.9 Å². The summed E-state index contributed by atoms with van der Waals surface area (Å²) in [7, 11) is 0. The molecule has 0 radical (unpaired) electrons. The van der Waals surface area contributed by atoms with Crippen LogP contribution in [0.25, 0.3) is 11.0 Å². The van der Waals surface area contributed by atoms with Crippen LogP contribution in [0.2, 0.25) is 0 Å². The molecular formula is C19H24NO5+. The van der Waals surface area contributed by atoms with E-state index in [-0.39, 0.29) is 12.2 Å². The molecule has 134 valence electrons. The average Bonchev–Trinajstić information content (AvgIpc) is 3.11. The minimum absolute atomic E-state index is 0.227. The minimum Gasteiger partial charge on any atom is -0.491 e. The summed E-state index contributed by atoms with van der Waals surface area (Å²) in [6, 6.07) is 5.59. The van der Waals surface area contributed by atoms with Crippen LogP contribution in [0.3, 0.4) is 0 Å². The number of aryl methyl sites for hydroxylation is 1. The first kappa shape index (κ1) is 16.6. The molecule has 1 saturated heterocycles. The second-order valence-corrected chi connectivity index (χ2v) is 6.89. The van der Waals surface area contributed by atoms with Crippen LogP contribution in [-0.2, 0) is 17.6 Å². The largest absolute Gasteiger partial charge is 0.491 e. The van der Waals surface area contributed by atoms with Gasteiger partial charge in [-0.1, -0.05) is 0 Å². The highest BCUT2D eigenvalue weighted by Crippen LogP contribution is 2.29. The molecule has 25 heavy (non-hydrogen) atoms. The third kappa shape index (κ3) is 3.56. The number of benzene rings is 1. The van der Waals surface area contributed by atoms with Crippen molar-refractivity contribution in [2.24, 2.45) is 0 Å². The Hall–Kier alpha value is -1.89. The van der Waals surface area contributed by atoms with Gasteiger partial charge in [0.2, 0.25) is 0 Å². The van der Waals surface area contributed by atoms with Gasteiger partial charge in [0.05, 0.1) is 13.2 Å². The van der Waals surface area contributed by atoms with E-state index in [4.69, 9.17) is 13.9 Å². The summed E-state index contributed by atoms with van der Waals surface area (Å²) < 4.78 is 16.5. The third-order valence-electron chi connectivity index (χ3n) is 5.11. The van der Waals surface area contributed by atoms with Crippen molar-refractivity contribution in [3.63, 3.8) is 0 Å². The molecule has 6 heteroatoms. The molecular weight excluding hydrogens is 322 g/mol. The van der Waals surface area contributed by atoms with Crippen LogP contribution in [-0.4, -0.2) is 50.7 Å². The van der Waals surface area contributed by atoms with Gasteiger partial charge in [-0.15, -0.1) is 0 Å². The summed E-state index contributed by atoms with van der Waals surface area (Å²) >= 11 is 0. The lowest BCUT2D eigenvalue weighted by Crippen LogP contribution is -3.15. The number of fused-ring (bicyclic) bond motifs is 3. The SMILES string of the molecule is O=c1oc2cc(OC[C@H](O)C[NH+]3CCOCC3)ccc2c2c1CCC2. The quantitative estimate of drug-likeness (QED) is 0.742. The molecule has 1 aliphatic carbocycles. The Kier molecular flexibility index (Phi) is 4.74. The van der Waals surface area contributed by atoms with Crippen LogP contribution in [0.1, 0.15) is 17.5 Å². The van der Waals surface area contributed by atoms with Crippen molar-refractivity contribution in [3.8, 4) is 5.75 Å².